The second kappa shape index (κ2) is 5.55. The lowest BCUT2D eigenvalue weighted by Gasteiger charge is -2.20. The lowest BCUT2D eigenvalue weighted by atomic mass is 10.0. The van der Waals surface area contributed by atoms with Gasteiger partial charge in [-0.25, -0.2) is 0 Å². The van der Waals surface area contributed by atoms with Gasteiger partial charge in [-0.1, -0.05) is 6.92 Å². The number of hydrogen-bond donors (Lipinski definition) is 1. The molecule has 21 heavy (non-hydrogen) atoms. The largest absolute Gasteiger partial charge is 0.358 e. The Labute approximate surface area is 126 Å². The quantitative estimate of drug-likeness (QED) is 0.842. The number of amides is 1. The molecule has 0 aliphatic carbocycles. The smallest absolute Gasteiger partial charge is 0.253 e. The fraction of sp³-hybridized carbons (Fsp3) is 0.500. The molecule has 1 aromatic heterocycles. The normalized spacial score (nSPS) is 19.8. The first-order valence-corrected chi connectivity index (χ1v) is 7.94. The number of likely N-dealkylation sites (tertiary alicyclic amines) is 1. The minimum absolute atomic E-state index is 0.184. The highest BCUT2D eigenvalue weighted by Gasteiger charge is 2.20. The molecule has 3 rings (SSSR count). The van der Waals surface area contributed by atoms with E-state index in [0.29, 0.717) is 0 Å². The van der Waals surface area contributed by atoms with Gasteiger partial charge in [-0.05, 0) is 62.8 Å². The van der Waals surface area contributed by atoms with E-state index in [4.69, 9.17) is 0 Å². The molecule has 1 fully saturated rings. The molecule has 3 nitrogen and oxygen atoms in total. The molecule has 3 heteroatoms. The zero-order valence-electron chi connectivity index (χ0n) is 13.2. The van der Waals surface area contributed by atoms with Crippen molar-refractivity contribution in [1.29, 1.82) is 0 Å². The molecule has 1 unspecified atom stereocenters. The summed E-state index contributed by atoms with van der Waals surface area (Å²) < 4.78 is 0. The average Bonchev–Trinajstić information content (AvgIpc) is 2.65. The summed E-state index contributed by atoms with van der Waals surface area (Å²) in [6, 6.07) is 6.03. The minimum Gasteiger partial charge on any atom is -0.358 e. The van der Waals surface area contributed by atoms with Gasteiger partial charge in [-0.2, -0.15) is 0 Å². The van der Waals surface area contributed by atoms with Gasteiger partial charge in [-0.3, -0.25) is 4.79 Å². The van der Waals surface area contributed by atoms with Gasteiger partial charge in [0.05, 0.1) is 0 Å². The van der Waals surface area contributed by atoms with Crippen molar-refractivity contribution in [2.24, 2.45) is 5.92 Å². The molecule has 1 atom stereocenters. The summed E-state index contributed by atoms with van der Waals surface area (Å²) in [6.07, 6.45) is 3.48. The zero-order valence-corrected chi connectivity index (χ0v) is 13.2. The molecule has 1 aromatic carbocycles. The number of hydrogen-bond acceptors (Lipinski definition) is 1. The van der Waals surface area contributed by atoms with E-state index < -0.39 is 0 Å². The van der Waals surface area contributed by atoms with E-state index in [-0.39, 0.29) is 5.91 Å². The van der Waals surface area contributed by atoms with Gasteiger partial charge in [0.1, 0.15) is 0 Å². The predicted molar refractivity (Wildman–Crippen MR) is 86.7 cm³/mol. The molecule has 0 saturated carbocycles. The van der Waals surface area contributed by atoms with Crippen LogP contribution in [0.3, 0.4) is 0 Å². The number of aryl methyl sites for hydroxylation is 2. The van der Waals surface area contributed by atoms with Crippen molar-refractivity contribution >= 4 is 16.8 Å². The molecule has 112 valence electrons. The molecular weight excluding hydrogens is 260 g/mol. The number of aromatic amines is 1. The van der Waals surface area contributed by atoms with Crippen LogP contribution >= 0.6 is 0 Å². The molecule has 0 spiro atoms. The zero-order chi connectivity index (χ0) is 15.0. The van der Waals surface area contributed by atoms with E-state index >= 15 is 0 Å². The third kappa shape index (κ3) is 2.69. The number of benzene rings is 1. The van der Waals surface area contributed by atoms with E-state index in [1.165, 1.54) is 23.1 Å². The first kappa shape index (κ1) is 14.2. The maximum absolute atomic E-state index is 12.7. The number of nitrogens with zero attached hydrogens (tertiary/aromatic N) is 1. The number of H-pyrrole nitrogens is 1. The Bertz CT molecular complexity index is 671. The number of nitrogens with one attached hydrogen (secondary N) is 1. The number of carbonyl (C=O) groups excluding carboxylic acids is 1. The standard InChI is InChI=1S/C18H24N2O/c1-12-5-4-9-20(10-8-12)18(21)15-6-7-17-16(11-15)13(2)14(3)19-17/h6-7,11-12,19H,4-5,8-10H2,1-3H3. The van der Waals surface area contributed by atoms with Crippen LogP contribution in [0, 0.1) is 19.8 Å². The van der Waals surface area contributed by atoms with Gasteiger partial charge in [0.2, 0.25) is 0 Å². The fourth-order valence-corrected chi connectivity index (χ4v) is 3.24. The lowest BCUT2D eigenvalue weighted by Crippen LogP contribution is -2.31. The average molecular weight is 284 g/mol. The van der Waals surface area contributed by atoms with Crippen LogP contribution in [-0.4, -0.2) is 28.9 Å². The lowest BCUT2D eigenvalue weighted by molar-refractivity contribution is 0.0760. The second-order valence-corrected chi connectivity index (χ2v) is 6.46. The molecule has 0 bridgehead atoms. The van der Waals surface area contributed by atoms with Gasteiger partial charge in [-0.15, -0.1) is 0 Å². The van der Waals surface area contributed by atoms with Crippen molar-refractivity contribution in [3.63, 3.8) is 0 Å². The first-order valence-electron chi connectivity index (χ1n) is 7.94. The van der Waals surface area contributed by atoms with Gasteiger partial charge in [0.15, 0.2) is 0 Å². The molecule has 1 aliphatic rings. The summed E-state index contributed by atoms with van der Waals surface area (Å²) in [4.78, 5) is 18.1. The van der Waals surface area contributed by atoms with E-state index in [9.17, 15) is 4.79 Å². The van der Waals surface area contributed by atoms with Gasteiger partial charge in [0.25, 0.3) is 5.91 Å². The summed E-state index contributed by atoms with van der Waals surface area (Å²) in [5, 5.41) is 1.17. The van der Waals surface area contributed by atoms with Gasteiger partial charge < -0.3 is 9.88 Å². The molecule has 1 saturated heterocycles. The van der Waals surface area contributed by atoms with E-state index in [2.05, 4.69) is 25.8 Å². The van der Waals surface area contributed by atoms with Crippen LogP contribution in [0.15, 0.2) is 18.2 Å². The van der Waals surface area contributed by atoms with Gasteiger partial charge >= 0.3 is 0 Å². The highest BCUT2D eigenvalue weighted by atomic mass is 16.2. The topological polar surface area (TPSA) is 36.1 Å². The molecule has 2 heterocycles. The van der Waals surface area contributed by atoms with Crippen LogP contribution in [-0.2, 0) is 0 Å². The van der Waals surface area contributed by atoms with Crippen LogP contribution in [0.2, 0.25) is 0 Å². The Balaban J connectivity index is 1.88. The van der Waals surface area contributed by atoms with E-state index in [0.717, 1.165) is 42.9 Å². The maximum atomic E-state index is 12.7. The highest BCUT2D eigenvalue weighted by Crippen LogP contribution is 2.24. The van der Waals surface area contributed by atoms with Crippen molar-refractivity contribution in [3.05, 3.63) is 35.0 Å². The van der Waals surface area contributed by atoms with E-state index in [1.807, 2.05) is 23.1 Å². The fourth-order valence-electron chi connectivity index (χ4n) is 3.24. The number of carbonyl (C=O) groups is 1. The molecule has 1 aliphatic heterocycles. The minimum atomic E-state index is 0.184. The molecule has 1 N–H and O–H groups in total. The van der Waals surface area contributed by atoms with Crippen molar-refractivity contribution in [2.45, 2.75) is 40.0 Å². The summed E-state index contributed by atoms with van der Waals surface area (Å²) >= 11 is 0. The number of aromatic nitrogens is 1. The Morgan fingerprint density at radius 3 is 2.86 bits per heavy atom. The third-order valence-corrected chi connectivity index (χ3v) is 4.86. The van der Waals surface area contributed by atoms with Crippen LogP contribution in [0.1, 0.15) is 47.8 Å². The molecular formula is C18H24N2O. The monoisotopic (exact) mass is 284 g/mol. The summed E-state index contributed by atoms with van der Waals surface area (Å²) in [5.41, 5.74) is 4.35. The van der Waals surface area contributed by atoms with Gasteiger partial charge in [0, 0.05) is 35.2 Å². The maximum Gasteiger partial charge on any atom is 0.253 e. The summed E-state index contributed by atoms with van der Waals surface area (Å²) in [7, 11) is 0. The SMILES string of the molecule is Cc1[nH]c2ccc(C(=O)N3CCCC(C)CC3)cc2c1C. The van der Waals surface area contributed by atoms with Crippen molar-refractivity contribution in [1.82, 2.24) is 9.88 Å². The van der Waals surface area contributed by atoms with Crippen LogP contribution < -0.4 is 0 Å². The van der Waals surface area contributed by atoms with Crippen LogP contribution in [0.4, 0.5) is 0 Å². The Morgan fingerprint density at radius 2 is 2.05 bits per heavy atom. The molecule has 2 aromatic rings. The number of rotatable bonds is 1. The van der Waals surface area contributed by atoms with Crippen molar-refractivity contribution in [2.75, 3.05) is 13.1 Å². The Morgan fingerprint density at radius 1 is 1.24 bits per heavy atom. The summed E-state index contributed by atoms with van der Waals surface area (Å²) in [5.74, 6) is 0.920. The highest BCUT2D eigenvalue weighted by molar-refractivity contribution is 5.99. The van der Waals surface area contributed by atoms with Crippen molar-refractivity contribution < 1.29 is 4.79 Å². The molecule has 1 amide bonds. The third-order valence-electron chi connectivity index (χ3n) is 4.86. The van der Waals surface area contributed by atoms with E-state index in [1.54, 1.807) is 0 Å². The first-order chi connectivity index (χ1) is 10.1. The van der Waals surface area contributed by atoms with Crippen LogP contribution in [0.5, 0.6) is 0 Å². The summed E-state index contributed by atoms with van der Waals surface area (Å²) in [6.45, 7) is 8.25. The molecule has 0 radical (unpaired) electrons. The van der Waals surface area contributed by atoms with Crippen LogP contribution in [0.25, 0.3) is 10.9 Å². The second-order valence-electron chi connectivity index (χ2n) is 6.46. The Kier molecular flexibility index (Phi) is 3.75. The Hall–Kier alpha value is -1.77. The van der Waals surface area contributed by atoms with Crippen molar-refractivity contribution in [3.8, 4) is 0 Å². The number of fused-ring (bicyclic) bond motifs is 1. The predicted octanol–water partition coefficient (Wildman–Crippen LogP) is 4.05.